The number of halogens is 1. The number of benzene rings is 3. The summed E-state index contributed by atoms with van der Waals surface area (Å²) in [5.41, 5.74) is 1.33. The predicted octanol–water partition coefficient (Wildman–Crippen LogP) is 6.16. The number of hydrogen-bond acceptors (Lipinski definition) is 4. The minimum absolute atomic E-state index is 0.0243. The molecule has 0 saturated carbocycles. The largest absolute Gasteiger partial charge is 0.478 e. The highest BCUT2D eigenvalue weighted by Gasteiger charge is 2.39. The van der Waals surface area contributed by atoms with Crippen LogP contribution in [0.15, 0.2) is 72.8 Å². The van der Waals surface area contributed by atoms with E-state index in [0.29, 0.717) is 35.0 Å². The number of carbonyl (C=O) groups excluding carboxylic acids is 2. The second kappa shape index (κ2) is 10.9. The number of rotatable bonds is 7. The number of carboxylic acids is 1. The van der Waals surface area contributed by atoms with Crippen LogP contribution >= 0.6 is 11.6 Å². The fraction of sp³-hybridized carbons (Fsp3) is 0.300. The van der Waals surface area contributed by atoms with Gasteiger partial charge in [-0.05, 0) is 94.3 Å². The van der Waals surface area contributed by atoms with E-state index in [1.54, 1.807) is 46.2 Å². The van der Waals surface area contributed by atoms with Crippen LogP contribution in [-0.4, -0.2) is 41.1 Å². The van der Waals surface area contributed by atoms with Crippen molar-refractivity contribution in [3.8, 4) is 5.75 Å². The predicted molar refractivity (Wildman–Crippen MR) is 148 cm³/mol. The number of carboxylic acid groups (broad SMARTS) is 1. The Hall–Kier alpha value is -3.84. The third kappa shape index (κ3) is 5.38. The van der Waals surface area contributed by atoms with Crippen molar-refractivity contribution >= 4 is 40.8 Å². The molecule has 4 rings (SSSR count). The van der Waals surface area contributed by atoms with Gasteiger partial charge in [-0.3, -0.25) is 9.59 Å². The van der Waals surface area contributed by atoms with Gasteiger partial charge < -0.3 is 19.6 Å². The molecular formula is C30H31ClN2O5. The van der Waals surface area contributed by atoms with Crippen LogP contribution in [0, 0.1) is 0 Å². The zero-order valence-electron chi connectivity index (χ0n) is 21.8. The molecule has 0 bridgehead atoms. The van der Waals surface area contributed by atoms with Gasteiger partial charge in [0.1, 0.15) is 5.75 Å². The van der Waals surface area contributed by atoms with Crippen molar-refractivity contribution in [2.45, 2.75) is 51.7 Å². The number of carbonyl (C=O) groups is 3. The Balaban J connectivity index is 1.62. The molecule has 0 aliphatic carbocycles. The number of likely N-dealkylation sites (N-methyl/N-ethyl adjacent to an activating group) is 1. The summed E-state index contributed by atoms with van der Waals surface area (Å²) < 4.78 is 5.56. The van der Waals surface area contributed by atoms with Gasteiger partial charge in [-0.2, -0.15) is 0 Å². The quantitative estimate of drug-likeness (QED) is 0.392. The van der Waals surface area contributed by atoms with Gasteiger partial charge in [-0.15, -0.1) is 0 Å². The lowest BCUT2D eigenvalue weighted by Gasteiger charge is -2.40. The summed E-state index contributed by atoms with van der Waals surface area (Å²) >= 11 is 6.05. The third-order valence-electron chi connectivity index (χ3n) is 6.82. The lowest BCUT2D eigenvalue weighted by atomic mass is 9.84. The van der Waals surface area contributed by atoms with E-state index < -0.39 is 17.5 Å². The van der Waals surface area contributed by atoms with Crippen LogP contribution < -0.4 is 14.5 Å². The molecule has 0 saturated heterocycles. The summed E-state index contributed by atoms with van der Waals surface area (Å²) in [4.78, 5) is 42.3. The van der Waals surface area contributed by atoms with Gasteiger partial charge in [0, 0.05) is 34.5 Å². The molecule has 0 aromatic heterocycles. The van der Waals surface area contributed by atoms with E-state index in [1.807, 2.05) is 50.2 Å². The van der Waals surface area contributed by atoms with Crippen molar-refractivity contribution < 1.29 is 24.2 Å². The molecule has 0 unspecified atom stereocenters. The van der Waals surface area contributed by atoms with Crippen LogP contribution in [0.2, 0.25) is 5.02 Å². The van der Waals surface area contributed by atoms with E-state index in [1.165, 1.54) is 13.8 Å². The molecular weight excluding hydrogens is 504 g/mol. The number of ether oxygens (including phenoxy) is 1. The molecule has 2 amide bonds. The minimum Gasteiger partial charge on any atom is -0.478 e. The van der Waals surface area contributed by atoms with Crippen molar-refractivity contribution in [3.63, 3.8) is 0 Å². The number of amides is 2. The normalized spacial score (nSPS) is 16.9. The van der Waals surface area contributed by atoms with Gasteiger partial charge in [0.15, 0.2) is 5.60 Å². The number of fused-ring (bicyclic) bond motifs is 1. The second-order valence-electron chi connectivity index (χ2n) is 9.87. The molecule has 0 fully saturated rings. The maximum atomic E-state index is 13.8. The maximum Gasteiger partial charge on any atom is 0.347 e. The molecule has 7 nitrogen and oxygen atoms in total. The van der Waals surface area contributed by atoms with Crippen LogP contribution in [-0.2, 0) is 9.59 Å². The Morgan fingerprint density at radius 2 is 1.66 bits per heavy atom. The molecule has 3 aromatic rings. The zero-order valence-corrected chi connectivity index (χ0v) is 22.6. The topological polar surface area (TPSA) is 87.2 Å². The molecule has 38 heavy (non-hydrogen) atoms. The number of nitrogens with zero attached hydrogens (tertiary/aromatic N) is 2. The molecule has 0 radical (unpaired) electrons. The van der Waals surface area contributed by atoms with Crippen molar-refractivity contribution in [2.24, 2.45) is 0 Å². The molecule has 198 valence electrons. The lowest BCUT2D eigenvalue weighted by molar-refractivity contribution is -0.152. The minimum atomic E-state index is -1.40. The number of aliphatic carboxylic acids is 1. The van der Waals surface area contributed by atoms with E-state index in [2.05, 4.69) is 0 Å². The monoisotopic (exact) mass is 534 g/mol. The summed E-state index contributed by atoms with van der Waals surface area (Å²) in [5.74, 6) is -1.37. The van der Waals surface area contributed by atoms with Crippen molar-refractivity contribution in [1.29, 1.82) is 0 Å². The average Bonchev–Trinajstić information content (AvgIpc) is 2.89. The van der Waals surface area contributed by atoms with Crippen LogP contribution in [0.4, 0.5) is 11.4 Å². The van der Waals surface area contributed by atoms with Gasteiger partial charge in [-0.25, -0.2) is 4.79 Å². The van der Waals surface area contributed by atoms with Crippen molar-refractivity contribution in [3.05, 3.63) is 88.9 Å². The summed E-state index contributed by atoms with van der Waals surface area (Å²) in [6, 6.07) is 20.9. The fourth-order valence-corrected chi connectivity index (χ4v) is 4.90. The first kappa shape index (κ1) is 27.2. The third-order valence-corrected chi connectivity index (χ3v) is 7.07. The Morgan fingerprint density at radius 3 is 2.26 bits per heavy atom. The van der Waals surface area contributed by atoms with E-state index in [4.69, 9.17) is 16.3 Å². The van der Waals surface area contributed by atoms with Crippen LogP contribution in [0.25, 0.3) is 0 Å². The van der Waals surface area contributed by atoms with Gasteiger partial charge in [0.2, 0.25) is 5.91 Å². The first-order valence-electron chi connectivity index (χ1n) is 12.6. The van der Waals surface area contributed by atoms with Gasteiger partial charge in [0.25, 0.3) is 5.91 Å². The Bertz CT molecular complexity index is 1340. The first-order valence-corrected chi connectivity index (χ1v) is 12.9. The number of hydrogen-bond donors (Lipinski definition) is 1. The van der Waals surface area contributed by atoms with Crippen molar-refractivity contribution in [1.82, 2.24) is 0 Å². The van der Waals surface area contributed by atoms with E-state index in [9.17, 15) is 19.5 Å². The van der Waals surface area contributed by atoms with Crippen molar-refractivity contribution in [2.75, 3.05) is 16.3 Å². The standard InChI is InChI=1S/C30H31ClN2O5/c1-5-32(22-14-12-21(31)13-15-22)28(35)25-18-19(2)33(26-9-7-6-8-24(25)26)27(34)20-10-16-23(17-11-20)38-30(3,4)29(36)37/h6-17,19,25H,5,18H2,1-4H3,(H,36,37)/t19-,25-/m0/s1. The smallest absolute Gasteiger partial charge is 0.347 e. The van der Waals surface area contributed by atoms with Crippen LogP contribution in [0.5, 0.6) is 5.75 Å². The molecule has 1 heterocycles. The fourth-order valence-electron chi connectivity index (χ4n) is 4.77. The maximum absolute atomic E-state index is 13.8. The highest BCUT2D eigenvalue weighted by Crippen LogP contribution is 2.41. The van der Waals surface area contributed by atoms with Gasteiger partial charge in [0.05, 0.1) is 5.92 Å². The SMILES string of the molecule is CCN(C(=O)[C@H]1C[C@H](C)N(C(=O)c2ccc(OC(C)(C)C(=O)O)cc2)c2ccccc21)c1ccc(Cl)cc1. The highest BCUT2D eigenvalue weighted by molar-refractivity contribution is 6.30. The Labute approximate surface area is 227 Å². The summed E-state index contributed by atoms with van der Waals surface area (Å²) in [5, 5.41) is 9.91. The van der Waals surface area contributed by atoms with Crippen LogP contribution in [0.3, 0.4) is 0 Å². The Kier molecular flexibility index (Phi) is 7.78. The number of anilines is 2. The number of para-hydroxylation sites is 1. The van der Waals surface area contributed by atoms with Gasteiger partial charge >= 0.3 is 5.97 Å². The first-order chi connectivity index (χ1) is 18.0. The summed E-state index contributed by atoms with van der Waals surface area (Å²) in [7, 11) is 0. The van der Waals surface area contributed by atoms with E-state index >= 15 is 0 Å². The second-order valence-corrected chi connectivity index (χ2v) is 10.3. The molecule has 3 aromatic carbocycles. The molecule has 1 aliphatic heterocycles. The lowest BCUT2D eigenvalue weighted by Crippen LogP contribution is -2.46. The van der Waals surface area contributed by atoms with E-state index in [-0.39, 0.29) is 17.9 Å². The molecule has 8 heteroatoms. The molecule has 0 spiro atoms. The Morgan fingerprint density at radius 1 is 1.03 bits per heavy atom. The molecule has 1 N–H and O–H groups in total. The van der Waals surface area contributed by atoms with Gasteiger partial charge in [-0.1, -0.05) is 29.8 Å². The average molecular weight is 535 g/mol. The zero-order chi connectivity index (χ0) is 27.6. The summed E-state index contributed by atoms with van der Waals surface area (Å²) in [6.45, 7) is 7.31. The molecule has 2 atom stereocenters. The molecule has 1 aliphatic rings. The summed E-state index contributed by atoms with van der Waals surface area (Å²) in [6.07, 6.45) is 0.472. The van der Waals surface area contributed by atoms with E-state index in [0.717, 1.165) is 11.3 Å². The van der Waals surface area contributed by atoms with Crippen LogP contribution in [0.1, 0.15) is 56.0 Å². The highest BCUT2D eigenvalue weighted by atomic mass is 35.5.